The molecule has 2 aromatic rings. The Labute approximate surface area is 95.2 Å². The summed E-state index contributed by atoms with van der Waals surface area (Å²) in [5.74, 6) is 0. The van der Waals surface area contributed by atoms with E-state index in [1.807, 2.05) is 30.5 Å². The Bertz CT molecular complexity index is 487. The van der Waals surface area contributed by atoms with E-state index in [0.29, 0.717) is 4.64 Å². The molecule has 14 heavy (non-hydrogen) atoms. The van der Waals surface area contributed by atoms with E-state index >= 15 is 0 Å². The molecule has 0 bridgehead atoms. The molecule has 0 aliphatic rings. The fourth-order valence-electron chi connectivity index (χ4n) is 1.16. The standard InChI is InChI=1S/C10H7BrN2S/c11-8-4-2-1-3-7(8)9-5-13-10(14)6-12-9/h1-6H,(H,13,14). The van der Waals surface area contributed by atoms with E-state index in [-0.39, 0.29) is 0 Å². The lowest BCUT2D eigenvalue weighted by Crippen LogP contribution is -1.85. The minimum Gasteiger partial charge on any atom is -0.350 e. The average Bonchev–Trinajstić information content (AvgIpc) is 2.20. The second-order valence-corrected chi connectivity index (χ2v) is 4.07. The molecule has 0 unspecified atom stereocenters. The van der Waals surface area contributed by atoms with Gasteiger partial charge in [0.2, 0.25) is 0 Å². The summed E-state index contributed by atoms with van der Waals surface area (Å²) in [5.41, 5.74) is 1.94. The van der Waals surface area contributed by atoms with Crippen LogP contribution in [0.2, 0.25) is 0 Å². The van der Waals surface area contributed by atoms with E-state index in [1.54, 1.807) is 6.20 Å². The first kappa shape index (κ1) is 9.55. The van der Waals surface area contributed by atoms with Gasteiger partial charge in [-0.05, 0) is 6.07 Å². The average molecular weight is 267 g/mol. The number of nitrogens with zero attached hydrogens (tertiary/aromatic N) is 1. The van der Waals surface area contributed by atoms with Gasteiger partial charge in [-0.2, -0.15) is 0 Å². The number of hydrogen-bond donors (Lipinski definition) is 1. The molecule has 0 amide bonds. The minimum atomic E-state index is 0.640. The molecular formula is C10H7BrN2S. The molecule has 0 aliphatic carbocycles. The summed E-state index contributed by atoms with van der Waals surface area (Å²) in [6.07, 6.45) is 3.45. The number of H-pyrrole nitrogens is 1. The van der Waals surface area contributed by atoms with Crippen molar-refractivity contribution < 1.29 is 0 Å². The largest absolute Gasteiger partial charge is 0.350 e. The second-order valence-electron chi connectivity index (χ2n) is 2.78. The molecule has 1 aromatic carbocycles. The summed E-state index contributed by atoms with van der Waals surface area (Å²) in [5, 5.41) is 0. The third-order valence-corrected chi connectivity index (χ3v) is 2.74. The lowest BCUT2D eigenvalue weighted by molar-refractivity contribution is 1.18. The number of benzene rings is 1. The normalized spacial score (nSPS) is 10.1. The number of aromatic amines is 1. The van der Waals surface area contributed by atoms with Crippen LogP contribution >= 0.6 is 28.1 Å². The molecule has 1 N–H and O–H groups in total. The molecule has 2 nitrogen and oxygen atoms in total. The van der Waals surface area contributed by atoms with Crippen LogP contribution in [0.5, 0.6) is 0 Å². The fraction of sp³-hybridized carbons (Fsp3) is 0. The molecule has 0 aliphatic heterocycles. The van der Waals surface area contributed by atoms with Crippen LogP contribution in [0, 0.1) is 4.64 Å². The summed E-state index contributed by atoms with van der Waals surface area (Å²) in [6.45, 7) is 0. The molecule has 2 rings (SSSR count). The van der Waals surface area contributed by atoms with E-state index in [9.17, 15) is 0 Å². The maximum atomic E-state index is 4.92. The molecule has 0 radical (unpaired) electrons. The Morgan fingerprint density at radius 2 is 2.07 bits per heavy atom. The van der Waals surface area contributed by atoms with Crippen LogP contribution in [-0.4, -0.2) is 9.97 Å². The highest BCUT2D eigenvalue weighted by Crippen LogP contribution is 2.25. The minimum absolute atomic E-state index is 0.640. The summed E-state index contributed by atoms with van der Waals surface area (Å²) in [6, 6.07) is 7.93. The molecule has 0 spiro atoms. The first-order valence-corrected chi connectivity index (χ1v) is 5.27. The number of aromatic nitrogens is 2. The Morgan fingerprint density at radius 1 is 1.29 bits per heavy atom. The van der Waals surface area contributed by atoms with E-state index in [0.717, 1.165) is 15.7 Å². The van der Waals surface area contributed by atoms with Crippen LogP contribution in [-0.2, 0) is 0 Å². The van der Waals surface area contributed by atoms with Crippen LogP contribution in [0.15, 0.2) is 41.1 Å². The first-order chi connectivity index (χ1) is 6.77. The molecule has 1 aromatic heterocycles. The maximum absolute atomic E-state index is 4.92. The SMILES string of the molecule is S=c1cnc(-c2ccccc2Br)c[nH]1. The van der Waals surface area contributed by atoms with Gasteiger partial charge in [-0.25, -0.2) is 0 Å². The van der Waals surface area contributed by atoms with E-state index in [2.05, 4.69) is 25.9 Å². The quantitative estimate of drug-likeness (QED) is 0.800. The monoisotopic (exact) mass is 266 g/mol. The van der Waals surface area contributed by atoms with Crippen LogP contribution in [0.4, 0.5) is 0 Å². The van der Waals surface area contributed by atoms with Crippen molar-refractivity contribution >= 4 is 28.1 Å². The lowest BCUT2D eigenvalue weighted by atomic mass is 10.2. The number of hydrogen-bond acceptors (Lipinski definition) is 2. The van der Waals surface area contributed by atoms with Gasteiger partial charge in [0.1, 0.15) is 4.64 Å². The van der Waals surface area contributed by atoms with Crippen LogP contribution in [0.3, 0.4) is 0 Å². The highest BCUT2D eigenvalue weighted by atomic mass is 79.9. The molecular weight excluding hydrogens is 260 g/mol. The fourth-order valence-corrected chi connectivity index (χ4v) is 1.76. The van der Waals surface area contributed by atoms with Crippen molar-refractivity contribution in [3.63, 3.8) is 0 Å². The van der Waals surface area contributed by atoms with Gasteiger partial charge in [0.15, 0.2) is 0 Å². The summed E-state index contributed by atoms with van der Waals surface area (Å²) in [7, 11) is 0. The molecule has 4 heteroatoms. The lowest BCUT2D eigenvalue weighted by Gasteiger charge is -2.01. The molecule has 1 heterocycles. The zero-order valence-electron chi connectivity index (χ0n) is 7.20. The van der Waals surface area contributed by atoms with Crippen molar-refractivity contribution in [1.82, 2.24) is 9.97 Å². The molecule has 0 atom stereocenters. The number of halogens is 1. The van der Waals surface area contributed by atoms with Crippen LogP contribution in [0.25, 0.3) is 11.3 Å². The molecule has 70 valence electrons. The highest BCUT2D eigenvalue weighted by molar-refractivity contribution is 9.10. The molecule has 0 saturated heterocycles. The topological polar surface area (TPSA) is 28.7 Å². The van der Waals surface area contributed by atoms with Gasteiger partial charge in [-0.3, -0.25) is 4.98 Å². The van der Waals surface area contributed by atoms with Gasteiger partial charge in [0.25, 0.3) is 0 Å². The van der Waals surface area contributed by atoms with Gasteiger partial charge in [-0.15, -0.1) is 0 Å². The van der Waals surface area contributed by atoms with Gasteiger partial charge in [0.05, 0.1) is 11.9 Å². The van der Waals surface area contributed by atoms with Crippen molar-refractivity contribution in [2.24, 2.45) is 0 Å². The summed E-state index contributed by atoms with van der Waals surface area (Å²) >= 11 is 8.40. The van der Waals surface area contributed by atoms with Crippen molar-refractivity contribution in [3.05, 3.63) is 45.8 Å². The maximum Gasteiger partial charge on any atom is 0.121 e. The van der Waals surface area contributed by atoms with Crippen LogP contribution in [0.1, 0.15) is 0 Å². The van der Waals surface area contributed by atoms with E-state index < -0.39 is 0 Å². The Balaban J connectivity index is 2.55. The summed E-state index contributed by atoms with van der Waals surface area (Å²) in [4.78, 5) is 7.20. The zero-order valence-corrected chi connectivity index (χ0v) is 9.60. The van der Waals surface area contributed by atoms with Gasteiger partial charge in [-0.1, -0.05) is 46.3 Å². The smallest absolute Gasteiger partial charge is 0.121 e. The number of nitrogens with one attached hydrogen (secondary N) is 1. The highest BCUT2D eigenvalue weighted by Gasteiger charge is 2.01. The Morgan fingerprint density at radius 3 is 2.71 bits per heavy atom. The van der Waals surface area contributed by atoms with E-state index in [4.69, 9.17) is 12.2 Å². The Kier molecular flexibility index (Phi) is 2.74. The van der Waals surface area contributed by atoms with Crippen molar-refractivity contribution in [3.8, 4) is 11.3 Å². The number of rotatable bonds is 1. The molecule has 0 fully saturated rings. The van der Waals surface area contributed by atoms with Gasteiger partial charge < -0.3 is 4.98 Å². The van der Waals surface area contributed by atoms with Crippen molar-refractivity contribution in [2.75, 3.05) is 0 Å². The third kappa shape index (κ3) is 1.91. The van der Waals surface area contributed by atoms with Gasteiger partial charge >= 0.3 is 0 Å². The van der Waals surface area contributed by atoms with Crippen LogP contribution < -0.4 is 0 Å². The Hall–Kier alpha value is -1.00. The first-order valence-electron chi connectivity index (χ1n) is 4.07. The summed E-state index contributed by atoms with van der Waals surface area (Å²) < 4.78 is 1.67. The zero-order chi connectivity index (χ0) is 9.97. The second kappa shape index (κ2) is 4.02. The predicted molar refractivity (Wildman–Crippen MR) is 62.6 cm³/mol. The third-order valence-electron chi connectivity index (χ3n) is 1.82. The predicted octanol–water partition coefficient (Wildman–Crippen LogP) is 3.57. The van der Waals surface area contributed by atoms with Crippen molar-refractivity contribution in [1.29, 1.82) is 0 Å². The van der Waals surface area contributed by atoms with Gasteiger partial charge in [0, 0.05) is 16.2 Å². The van der Waals surface area contributed by atoms with Crippen molar-refractivity contribution in [2.45, 2.75) is 0 Å². The van der Waals surface area contributed by atoms with E-state index in [1.165, 1.54) is 0 Å². The molecule has 0 saturated carbocycles.